The minimum Gasteiger partial charge on any atom is -0.322 e. The van der Waals surface area contributed by atoms with Gasteiger partial charge in [0.05, 0.1) is 11.2 Å². The summed E-state index contributed by atoms with van der Waals surface area (Å²) < 4.78 is 0.870. The predicted molar refractivity (Wildman–Crippen MR) is 152 cm³/mol. The molecule has 0 bridgehead atoms. The summed E-state index contributed by atoms with van der Waals surface area (Å²) in [5.74, 6) is -0.147. The lowest BCUT2D eigenvalue weighted by Gasteiger charge is -2.13. The number of nitrogens with one attached hydrogen (secondary N) is 1. The van der Waals surface area contributed by atoms with E-state index in [2.05, 4.69) is 88.0 Å². The highest BCUT2D eigenvalue weighted by Crippen LogP contribution is 2.36. The van der Waals surface area contributed by atoms with E-state index >= 15 is 0 Å². The number of hydrogen-bond donors (Lipinski definition) is 1. The highest BCUT2D eigenvalue weighted by molar-refractivity contribution is 9.10. The van der Waals surface area contributed by atoms with Crippen LogP contribution in [0.4, 0.5) is 5.69 Å². The maximum Gasteiger partial charge on any atom is 0.255 e. The fourth-order valence-corrected chi connectivity index (χ4v) is 4.96. The van der Waals surface area contributed by atoms with Crippen LogP contribution in [0.25, 0.3) is 44.1 Å². The third-order valence-electron chi connectivity index (χ3n) is 6.31. The van der Waals surface area contributed by atoms with Gasteiger partial charge >= 0.3 is 0 Å². The van der Waals surface area contributed by atoms with Crippen LogP contribution in [0.5, 0.6) is 0 Å². The highest BCUT2D eigenvalue weighted by atomic mass is 79.9. The second-order valence-electron chi connectivity index (χ2n) is 8.64. The molecule has 0 spiro atoms. The summed E-state index contributed by atoms with van der Waals surface area (Å²) >= 11 is 3.42. The molecule has 3 nitrogen and oxygen atoms in total. The van der Waals surface area contributed by atoms with Gasteiger partial charge in [-0.3, -0.25) is 4.79 Å². The second kappa shape index (κ2) is 9.40. The molecule has 0 unspecified atom stereocenters. The lowest BCUT2D eigenvalue weighted by atomic mass is 9.94. The molecule has 1 N–H and O–H groups in total. The van der Waals surface area contributed by atoms with E-state index in [4.69, 9.17) is 4.98 Å². The van der Waals surface area contributed by atoms with Crippen LogP contribution in [0.1, 0.15) is 10.4 Å². The Morgan fingerprint density at radius 3 is 2.28 bits per heavy atom. The van der Waals surface area contributed by atoms with Crippen LogP contribution in [0.2, 0.25) is 0 Å². The number of fused-ring (bicyclic) bond motifs is 3. The normalized spacial score (nSPS) is 11.0. The van der Waals surface area contributed by atoms with E-state index in [9.17, 15) is 4.79 Å². The minimum atomic E-state index is -0.147. The van der Waals surface area contributed by atoms with Crippen molar-refractivity contribution in [2.24, 2.45) is 0 Å². The zero-order valence-corrected chi connectivity index (χ0v) is 20.9. The van der Waals surface area contributed by atoms with Crippen LogP contribution in [0.15, 0.2) is 126 Å². The van der Waals surface area contributed by atoms with Crippen molar-refractivity contribution >= 4 is 49.2 Å². The van der Waals surface area contributed by atoms with Crippen LogP contribution in [-0.2, 0) is 0 Å². The van der Waals surface area contributed by atoms with Crippen molar-refractivity contribution < 1.29 is 4.79 Å². The molecule has 0 saturated heterocycles. The summed E-state index contributed by atoms with van der Waals surface area (Å²) in [6.45, 7) is 0. The van der Waals surface area contributed by atoms with Gasteiger partial charge in [0.1, 0.15) is 0 Å². The summed E-state index contributed by atoms with van der Waals surface area (Å²) in [6.07, 6.45) is 0. The Hall–Kier alpha value is -4.28. The van der Waals surface area contributed by atoms with Crippen molar-refractivity contribution in [1.82, 2.24) is 4.98 Å². The first-order chi connectivity index (χ1) is 17.7. The number of benzene rings is 5. The zero-order chi connectivity index (χ0) is 24.5. The summed E-state index contributed by atoms with van der Waals surface area (Å²) in [5, 5.41) is 6.51. The van der Waals surface area contributed by atoms with Crippen molar-refractivity contribution in [3.8, 4) is 22.4 Å². The monoisotopic (exact) mass is 528 g/mol. The van der Waals surface area contributed by atoms with E-state index in [0.29, 0.717) is 5.56 Å². The van der Waals surface area contributed by atoms with Crippen LogP contribution >= 0.6 is 15.9 Å². The molecule has 0 atom stereocenters. The third kappa shape index (κ3) is 4.28. The molecule has 4 heteroatoms. The van der Waals surface area contributed by atoms with Crippen molar-refractivity contribution in [1.29, 1.82) is 0 Å². The lowest BCUT2D eigenvalue weighted by molar-refractivity contribution is 0.102. The Bertz CT molecular complexity index is 1730. The first kappa shape index (κ1) is 22.2. The van der Waals surface area contributed by atoms with Gasteiger partial charge in [0.25, 0.3) is 5.91 Å². The summed E-state index contributed by atoms with van der Waals surface area (Å²) in [6, 6.07) is 40.5. The largest absolute Gasteiger partial charge is 0.322 e. The van der Waals surface area contributed by atoms with E-state index in [0.717, 1.165) is 43.4 Å². The van der Waals surface area contributed by atoms with Gasteiger partial charge in [0.2, 0.25) is 0 Å². The van der Waals surface area contributed by atoms with Gasteiger partial charge in [-0.2, -0.15) is 0 Å². The van der Waals surface area contributed by atoms with Crippen LogP contribution in [-0.4, -0.2) is 10.9 Å². The molecule has 0 aliphatic heterocycles. The number of carbonyl (C=O) groups is 1. The molecule has 1 amide bonds. The molecule has 0 radical (unpaired) electrons. The van der Waals surface area contributed by atoms with E-state index in [-0.39, 0.29) is 5.91 Å². The smallest absolute Gasteiger partial charge is 0.255 e. The number of pyridine rings is 1. The number of aromatic nitrogens is 1. The molecule has 0 fully saturated rings. The molecule has 0 aliphatic carbocycles. The Kier molecular flexibility index (Phi) is 5.80. The fourth-order valence-electron chi connectivity index (χ4n) is 4.56. The average molecular weight is 529 g/mol. The molecular formula is C32H21BrN2O. The standard InChI is InChI=1S/C32H21BrN2O/c33-25-11-6-10-24(19-25)32(36)34-26-16-13-23(14-17-26)30-20-28(21-7-2-1-3-8-21)31-27-12-5-4-9-22(27)15-18-29(31)35-30/h1-20H,(H,34,36). The van der Waals surface area contributed by atoms with Crippen LogP contribution < -0.4 is 5.32 Å². The van der Waals surface area contributed by atoms with Gasteiger partial charge in [-0.1, -0.05) is 94.8 Å². The fraction of sp³-hybridized carbons (Fsp3) is 0. The van der Waals surface area contributed by atoms with Gasteiger partial charge in [0, 0.05) is 26.7 Å². The summed E-state index contributed by atoms with van der Waals surface area (Å²) in [4.78, 5) is 17.7. The van der Waals surface area contributed by atoms with Crippen molar-refractivity contribution in [2.75, 3.05) is 5.32 Å². The maximum atomic E-state index is 12.6. The number of carbonyl (C=O) groups excluding carboxylic acids is 1. The number of halogens is 1. The average Bonchev–Trinajstić information content (AvgIpc) is 2.93. The van der Waals surface area contributed by atoms with Crippen molar-refractivity contribution in [3.05, 3.63) is 131 Å². The molecular weight excluding hydrogens is 508 g/mol. The molecule has 6 rings (SSSR count). The number of nitrogens with zero attached hydrogens (tertiary/aromatic N) is 1. The Labute approximate surface area is 217 Å². The predicted octanol–water partition coefficient (Wildman–Crippen LogP) is 8.74. The molecule has 0 aliphatic rings. The molecule has 6 aromatic rings. The number of hydrogen-bond acceptors (Lipinski definition) is 2. The van der Waals surface area contributed by atoms with Gasteiger partial charge in [-0.15, -0.1) is 0 Å². The molecule has 0 saturated carbocycles. The first-order valence-corrected chi connectivity index (χ1v) is 12.5. The number of amides is 1. The Morgan fingerprint density at radius 1 is 0.694 bits per heavy atom. The summed E-state index contributed by atoms with van der Waals surface area (Å²) in [7, 11) is 0. The molecule has 5 aromatic carbocycles. The van der Waals surface area contributed by atoms with Gasteiger partial charge in [-0.05, 0) is 64.4 Å². The van der Waals surface area contributed by atoms with Crippen molar-refractivity contribution in [2.45, 2.75) is 0 Å². The first-order valence-electron chi connectivity index (χ1n) is 11.7. The van der Waals surface area contributed by atoms with Gasteiger partial charge in [0.15, 0.2) is 0 Å². The van der Waals surface area contributed by atoms with Crippen LogP contribution in [0, 0.1) is 0 Å². The van der Waals surface area contributed by atoms with Crippen molar-refractivity contribution in [3.63, 3.8) is 0 Å². The Balaban J connectivity index is 1.41. The van der Waals surface area contributed by atoms with Gasteiger partial charge in [-0.25, -0.2) is 4.98 Å². The highest BCUT2D eigenvalue weighted by Gasteiger charge is 2.13. The topological polar surface area (TPSA) is 42.0 Å². The van der Waals surface area contributed by atoms with Gasteiger partial charge < -0.3 is 5.32 Å². The van der Waals surface area contributed by atoms with E-state index in [1.807, 2.05) is 42.5 Å². The number of rotatable bonds is 4. The number of anilines is 1. The van der Waals surface area contributed by atoms with E-state index < -0.39 is 0 Å². The van der Waals surface area contributed by atoms with Crippen LogP contribution in [0.3, 0.4) is 0 Å². The molecule has 172 valence electrons. The maximum absolute atomic E-state index is 12.6. The minimum absolute atomic E-state index is 0.147. The summed E-state index contributed by atoms with van der Waals surface area (Å²) in [5.41, 5.74) is 6.48. The lowest BCUT2D eigenvalue weighted by Crippen LogP contribution is -2.11. The second-order valence-corrected chi connectivity index (χ2v) is 9.56. The molecule has 1 aromatic heterocycles. The third-order valence-corrected chi connectivity index (χ3v) is 6.80. The van der Waals surface area contributed by atoms with E-state index in [1.54, 1.807) is 12.1 Å². The Morgan fingerprint density at radius 2 is 1.47 bits per heavy atom. The molecule has 36 heavy (non-hydrogen) atoms. The molecule has 1 heterocycles. The zero-order valence-electron chi connectivity index (χ0n) is 19.3. The quantitative estimate of drug-likeness (QED) is 0.232. The van der Waals surface area contributed by atoms with E-state index in [1.165, 1.54) is 10.8 Å². The SMILES string of the molecule is O=C(Nc1ccc(-c2cc(-c3ccccc3)c3c(ccc4ccccc43)n2)cc1)c1cccc(Br)c1.